The molecule has 0 aliphatic rings. The van der Waals surface area contributed by atoms with E-state index in [1.165, 1.54) is 0 Å². The van der Waals surface area contributed by atoms with Gasteiger partial charge in [-0.1, -0.05) is 133 Å². The van der Waals surface area contributed by atoms with Crippen molar-refractivity contribution in [3.63, 3.8) is 0 Å². The summed E-state index contributed by atoms with van der Waals surface area (Å²) < 4.78 is 90.4. The minimum Gasteiger partial charge on any atom is -0.456 e. The van der Waals surface area contributed by atoms with Crippen LogP contribution in [0, 0.1) is 0 Å². The molecule has 0 bridgehead atoms. The topological polar surface area (TPSA) is 51.8 Å². The molecule has 0 unspecified atom stereocenters. The van der Waals surface area contributed by atoms with Gasteiger partial charge in [-0.05, 0) is 73.8 Å². The largest absolute Gasteiger partial charge is 0.456 e. The first-order chi connectivity index (χ1) is 28.4. The van der Waals surface area contributed by atoms with Crippen molar-refractivity contribution in [1.29, 1.82) is 0 Å². The Labute approximate surface area is 296 Å². The summed E-state index contributed by atoms with van der Waals surface area (Å²) in [6.07, 6.45) is 0. The van der Waals surface area contributed by atoms with Crippen LogP contribution >= 0.6 is 0 Å². The molecule has 10 aromatic rings. The summed E-state index contributed by atoms with van der Waals surface area (Å²) in [5.41, 5.74) is 3.48. The first-order valence-electron chi connectivity index (χ1n) is 20.6. The fraction of sp³-hybridized carbons (Fsp3) is 0. The van der Waals surface area contributed by atoms with Gasteiger partial charge >= 0.3 is 0 Å². The quantitative estimate of drug-likeness (QED) is 0.181. The van der Waals surface area contributed by atoms with Gasteiger partial charge in [0, 0.05) is 27.5 Å². The highest BCUT2D eigenvalue weighted by Crippen LogP contribution is 2.40. The minimum atomic E-state index is -0.603. The van der Waals surface area contributed by atoms with Crippen molar-refractivity contribution in [2.24, 2.45) is 0 Å². The van der Waals surface area contributed by atoms with Crippen LogP contribution in [0.5, 0.6) is 0 Å². The van der Waals surface area contributed by atoms with Crippen LogP contribution in [0.1, 0.15) is 13.7 Å². The van der Waals surface area contributed by atoms with Gasteiger partial charge in [-0.15, -0.1) is 0 Å². The molecule has 0 saturated carbocycles. The average molecular weight is 636 g/mol. The van der Waals surface area contributed by atoms with Gasteiger partial charge in [-0.25, -0.2) is 15.0 Å². The average Bonchev–Trinajstić information content (AvgIpc) is 3.64. The van der Waals surface area contributed by atoms with E-state index in [-0.39, 0.29) is 28.6 Å². The molecule has 0 aliphatic carbocycles. The van der Waals surface area contributed by atoms with Crippen molar-refractivity contribution >= 4 is 54.3 Å². The lowest BCUT2D eigenvalue weighted by atomic mass is 9.91. The molecular formula is C45H27N3O. The van der Waals surface area contributed by atoms with E-state index in [2.05, 4.69) is 51.4 Å². The van der Waals surface area contributed by atoms with Gasteiger partial charge in [0.15, 0.2) is 17.5 Å². The van der Waals surface area contributed by atoms with Crippen LogP contribution in [-0.2, 0) is 0 Å². The molecule has 4 heteroatoms. The summed E-state index contributed by atoms with van der Waals surface area (Å²) in [6.45, 7) is 0. The maximum Gasteiger partial charge on any atom is 0.164 e. The first-order valence-corrected chi connectivity index (χ1v) is 15.6. The zero-order valence-corrected chi connectivity index (χ0v) is 25.6. The number of para-hydroxylation sites is 1. The van der Waals surface area contributed by atoms with Crippen molar-refractivity contribution < 1.29 is 18.1 Å². The molecule has 2 aromatic heterocycles. The van der Waals surface area contributed by atoms with E-state index in [9.17, 15) is 0 Å². The van der Waals surface area contributed by atoms with Gasteiger partial charge in [0.25, 0.3) is 0 Å². The maximum atomic E-state index is 8.69. The van der Waals surface area contributed by atoms with Crippen LogP contribution in [0.3, 0.4) is 0 Å². The standard InChI is InChI=1S/C45H27N3O/c1-3-11-28(12-4-1)43-46-44(29-13-5-2-6-14-29)48-45(47-43)32-20-23-36-38-25-30(19-22-35(38)33-15-7-8-16-34(33)39(36)27-32)31-21-24-42-40(26-31)37-17-9-10-18-41(37)49-42/h1-27H/i1D,2D,3D,4D,5D,6D,11D,12D,13D,14D. The van der Waals surface area contributed by atoms with Gasteiger partial charge in [-0.3, -0.25) is 0 Å². The van der Waals surface area contributed by atoms with Crippen LogP contribution in [-0.4, -0.2) is 15.0 Å². The summed E-state index contributed by atoms with van der Waals surface area (Å²) in [7, 11) is 0. The number of benzene rings is 8. The van der Waals surface area contributed by atoms with Gasteiger partial charge in [0.05, 0.1) is 13.7 Å². The number of rotatable bonds is 4. The Morgan fingerprint density at radius 1 is 0.347 bits per heavy atom. The smallest absolute Gasteiger partial charge is 0.164 e. The van der Waals surface area contributed by atoms with E-state index >= 15 is 0 Å². The SMILES string of the molecule is [2H]c1c([2H])c([2H])c(-c2nc(-c3ccc4c5cc(-c6ccc7oc8ccccc8c7c6)ccc5c5ccccc5c4c3)nc(-c3c([2H])c([2H])c([2H])c([2H])c3[2H])n2)c([2H])c1[2H]. The second-order valence-electron chi connectivity index (χ2n) is 11.7. The number of fused-ring (bicyclic) bond motifs is 9. The Morgan fingerprint density at radius 2 is 0.776 bits per heavy atom. The van der Waals surface area contributed by atoms with Crippen LogP contribution in [0.2, 0.25) is 0 Å². The second-order valence-corrected chi connectivity index (χ2v) is 11.7. The molecule has 0 atom stereocenters. The molecule has 228 valence electrons. The summed E-state index contributed by atoms with van der Waals surface area (Å²) in [6, 6.07) is 28.4. The summed E-state index contributed by atoms with van der Waals surface area (Å²) in [4.78, 5) is 13.7. The van der Waals surface area contributed by atoms with Gasteiger partial charge in [-0.2, -0.15) is 0 Å². The highest BCUT2D eigenvalue weighted by molar-refractivity contribution is 6.26. The third kappa shape index (κ3) is 4.57. The van der Waals surface area contributed by atoms with Gasteiger partial charge < -0.3 is 4.42 Å². The molecule has 0 spiro atoms. The van der Waals surface area contributed by atoms with Crippen LogP contribution < -0.4 is 0 Å². The summed E-state index contributed by atoms with van der Waals surface area (Å²) in [5.74, 6) is -0.627. The second kappa shape index (κ2) is 11.0. The molecule has 0 radical (unpaired) electrons. The summed E-state index contributed by atoms with van der Waals surface area (Å²) >= 11 is 0. The number of furan rings is 1. The van der Waals surface area contributed by atoms with Crippen molar-refractivity contribution in [3.8, 4) is 45.3 Å². The van der Waals surface area contributed by atoms with E-state index in [0.29, 0.717) is 5.56 Å². The zero-order chi connectivity index (χ0) is 41.0. The lowest BCUT2D eigenvalue weighted by molar-refractivity contribution is 0.669. The number of hydrogen-bond donors (Lipinski definition) is 0. The van der Waals surface area contributed by atoms with Crippen LogP contribution in [0.4, 0.5) is 0 Å². The highest BCUT2D eigenvalue weighted by atomic mass is 16.3. The Kier molecular flexibility index (Phi) is 4.31. The maximum absolute atomic E-state index is 8.69. The third-order valence-corrected chi connectivity index (χ3v) is 8.89. The molecule has 0 N–H and O–H groups in total. The molecular weight excluding hydrogens is 599 g/mol. The molecule has 10 rings (SSSR count). The molecule has 4 nitrogen and oxygen atoms in total. The number of nitrogens with zero attached hydrogens (tertiary/aromatic N) is 3. The van der Waals surface area contributed by atoms with E-state index in [4.69, 9.17) is 18.1 Å². The van der Waals surface area contributed by atoms with Crippen molar-refractivity contribution in [1.82, 2.24) is 15.0 Å². The van der Waals surface area contributed by atoms with Crippen molar-refractivity contribution in [2.75, 3.05) is 0 Å². The third-order valence-electron chi connectivity index (χ3n) is 8.89. The molecule has 49 heavy (non-hydrogen) atoms. The molecule has 0 aliphatic heterocycles. The Morgan fingerprint density at radius 3 is 1.43 bits per heavy atom. The fourth-order valence-electron chi connectivity index (χ4n) is 6.63. The Balaban J connectivity index is 1.22. The minimum absolute atomic E-state index is 0.00379. The van der Waals surface area contributed by atoms with Gasteiger partial charge in [0.1, 0.15) is 11.2 Å². The Bertz CT molecular complexity index is 3330. The lowest BCUT2D eigenvalue weighted by Gasteiger charge is -2.14. The molecule has 0 fully saturated rings. The van der Waals surface area contributed by atoms with Crippen LogP contribution in [0.15, 0.2) is 168 Å². The van der Waals surface area contributed by atoms with E-state index in [1.807, 2.05) is 60.7 Å². The van der Waals surface area contributed by atoms with E-state index in [1.54, 1.807) is 6.07 Å². The highest BCUT2D eigenvalue weighted by Gasteiger charge is 2.16. The van der Waals surface area contributed by atoms with Crippen molar-refractivity contribution in [2.45, 2.75) is 0 Å². The normalized spacial score (nSPS) is 14.5. The Hall–Kier alpha value is -6.65. The lowest BCUT2D eigenvalue weighted by Crippen LogP contribution is -2.00. The molecule has 8 aromatic carbocycles. The predicted molar refractivity (Wildman–Crippen MR) is 201 cm³/mol. The van der Waals surface area contributed by atoms with Crippen LogP contribution in [0.25, 0.3) is 99.5 Å². The molecule has 0 amide bonds. The number of hydrogen-bond acceptors (Lipinski definition) is 4. The number of aromatic nitrogens is 3. The predicted octanol–water partition coefficient (Wildman–Crippen LogP) is 11.9. The summed E-state index contributed by atoms with van der Waals surface area (Å²) in [5, 5.41) is 7.85. The first kappa shape index (κ1) is 19.2. The van der Waals surface area contributed by atoms with E-state index in [0.717, 1.165) is 65.4 Å². The molecule has 2 heterocycles. The van der Waals surface area contributed by atoms with Crippen molar-refractivity contribution in [3.05, 3.63) is 164 Å². The monoisotopic (exact) mass is 635 g/mol. The zero-order valence-electron chi connectivity index (χ0n) is 35.6. The van der Waals surface area contributed by atoms with E-state index < -0.39 is 60.4 Å². The van der Waals surface area contributed by atoms with Gasteiger partial charge in [0.2, 0.25) is 0 Å². The molecule has 0 saturated heterocycles. The fourth-order valence-corrected chi connectivity index (χ4v) is 6.63.